The van der Waals surface area contributed by atoms with Gasteiger partial charge in [0.05, 0.1) is 18.1 Å². The van der Waals surface area contributed by atoms with Crippen molar-refractivity contribution in [3.8, 4) is 0 Å². The number of carbonyl (C=O) groups is 2. The van der Waals surface area contributed by atoms with Gasteiger partial charge in [-0.15, -0.1) is 0 Å². The molecule has 0 atom stereocenters. The monoisotopic (exact) mass is 228 g/mol. The predicted octanol–water partition coefficient (Wildman–Crippen LogP) is -1.99. The van der Waals surface area contributed by atoms with Crippen molar-refractivity contribution >= 4 is 11.9 Å². The third-order valence-electron chi connectivity index (χ3n) is 2.10. The van der Waals surface area contributed by atoms with Gasteiger partial charge in [-0.3, -0.25) is 0 Å². The molecule has 0 saturated heterocycles. The molecule has 0 aliphatic rings. The minimum atomic E-state index is -1.37. The van der Waals surface area contributed by atoms with Crippen LogP contribution in [0.25, 0.3) is 0 Å². The minimum Gasteiger partial charge on any atom is -0.545 e. The van der Waals surface area contributed by atoms with Crippen LogP contribution in [0.2, 0.25) is 0 Å². The van der Waals surface area contributed by atoms with E-state index in [4.69, 9.17) is 4.74 Å². The second-order valence-corrected chi connectivity index (χ2v) is 3.32. The van der Waals surface area contributed by atoms with E-state index in [9.17, 15) is 14.7 Å². The molecular formula is C12H13LiO4. The predicted molar refractivity (Wildman–Crippen MR) is 56.0 cm³/mol. The molecule has 0 aliphatic carbocycles. The topological polar surface area (TPSA) is 66.4 Å². The van der Waals surface area contributed by atoms with Gasteiger partial charge in [0.25, 0.3) is 0 Å². The smallest absolute Gasteiger partial charge is 0.545 e. The fourth-order valence-corrected chi connectivity index (χ4v) is 1.23. The number of carboxylic acid groups (broad SMARTS) is 1. The van der Waals surface area contributed by atoms with Gasteiger partial charge in [0.15, 0.2) is 0 Å². The molecule has 0 N–H and O–H groups in total. The fourth-order valence-electron chi connectivity index (χ4n) is 1.23. The molecule has 0 aliphatic heterocycles. The number of benzene rings is 1. The normalized spacial score (nSPS) is 9.24. The molecule has 0 spiro atoms. The zero-order chi connectivity index (χ0) is 12.0. The van der Waals surface area contributed by atoms with Crippen molar-refractivity contribution in [3.63, 3.8) is 0 Å². The molecule has 0 bridgehead atoms. The van der Waals surface area contributed by atoms with Crippen LogP contribution in [0.1, 0.15) is 40.5 Å². The Morgan fingerprint density at radius 3 is 2.35 bits per heavy atom. The maximum absolute atomic E-state index is 11.5. The number of carboxylic acids is 1. The van der Waals surface area contributed by atoms with Crippen LogP contribution in [0.4, 0.5) is 0 Å². The minimum absolute atomic E-state index is 0. The molecule has 17 heavy (non-hydrogen) atoms. The first-order chi connectivity index (χ1) is 7.66. The molecule has 0 amide bonds. The number of rotatable bonds is 5. The van der Waals surface area contributed by atoms with Crippen LogP contribution in [-0.4, -0.2) is 18.5 Å². The van der Waals surface area contributed by atoms with E-state index in [1.54, 1.807) is 6.07 Å². The molecule has 1 aromatic rings. The van der Waals surface area contributed by atoms with Crippen molar-refractivity contribution in [2.45, 2.75) is 19.8 Å². The standard InChI is InChI=1S/C12H14O4.Li/c1-2-3-8-16-12(15)10-7-5-4-6-9(10)11(13)14;/h4-7H,2-3,8H2,1H3,(H,13,14);/q;+1/p-1. The summed E-state index contributed by atoms with van der Waals surface area (Å²) in [5.41, 5.74) is -0.0948. The first-order valence-electron chi connectivity index (χ1n) is 5.14. The average molecular weight is 228 g/mol. The summed E-state index contributed by atoms with van der Waals surface area (Å²) in [6.07, 6.45) is 1.68. The van der Waals surface area contributed by atoms with E-state index < -0.39 is 11.9 Å². The number of unbranched alkanes of at least 4 members (excludes halogenated alkanes) is 1. The summed E-state index contributed by atoms with van der Waals surface area (Å²) in [6, 6.07) is 5.86. The Kier molecular flexibility index (Phi) is 7.36. The van der Waals surface area contributed by atoms with Crippen molar-refractivity contribution in [1.29, 1.82) is 0 Å². The summed E-state index contributed by atoms with van der Waals surface area (Å²) < 4.78 is 4.93. The van der Waals surface area contributed by atoms with Gasteiger partial charge in [0, 0.05) is 5.56 Å². The fraction of sp³-hybridized carbons (Fsp3) is 0.333. The average Bonchev–Trinajstić information content (AvgIpc) is 2.29. The molecule has 0 saturated carbocycles. The Hall–Kier alpha value is -1.24. The zero-order valence-electron chi connectivity index (χ0n) is 10.1. The molecule has 0 fully saturated rings. The Morgan fingerprint density at radius 1 is 1.24 bits per heavy atom. The van der Waals surface area contributed by atoms with Crippen molar-refractivity contribution in [2.24, 2.45) is 0 Å². The largest absolute Gasteiger partial charge is 1.00 e. The van der Waals surface area contributed by atoms with Gasteiger partial charge in [0.1, 0.15) is 0 Å². The summed E-state index contributed by atoms with van der Waals surface area (Å²) in [5, 5.41) is 10.7. The van der Waals surface area contributed by atoms with E-state index in [0.717, 1.165) is 12.8 Å². The van der Waals surface area contributed by atoms with E-state index >= 15 is 0 Å². The molecular weight excluding hydrogens is 215 g/mol. The van der Waals surface area contributed by atoms with Gasteiger partial charge >= 0.3 is 24.8 Å². The SMILES string of the molecule is CCCCOC(=O)c1ccccc1C(=O)[O-].[Li+]. The third kappa shape index (κ3) is 4.64. The molecule has 0 radical (unpaired) electrons. The van der Waals surface area contributed by atoms with Gasteiger partial charge in [-0.05, 0) is 12.5 Å². The van der Waals surface area contributed by atoms with Crippen LogP contribution >= 0.6 is 0 Å². The number of carbonyl (C=O) groups excluding carboxylic acids is 2. The summed E-state index contributed by atoms with van der Waals surface area (Å²) in [4.78, 5) is 22.3. The summed E-state index contributed by atoms with van der Waals surface area (Å²) in [7, 11) is 0. The van der Waals surface area contributed by atoms with Gasteiger partial charge in [-0.1, -0.05) is 31.5 Å². The first kappa shape index (κ1) is 15.8. The first-order valence-corrected chi connectivity index (χ1v) is 5.14. The number of aromatic carboxylic acids is 1. The van der Waals surface area contributed by atoms with E-state index in [1.807, 2.05) is 6.92 Å². The molecule has 86 valence electrons. The number of hydrogen-bond donors (Lipinski definition) is 0. The summed E-state index contributed by atoms with van der Waals surface area (Å²) in [5.74, 6) is -1.99. The van der Waals surface area contributed by atoms with E-state index in [2.05, 4.69) is 0 Å². The van der Waals surface area contributed by atoms with Gasteiger partial charge in [0.2, 0.25) is 0 Å². The van der Waals surface area contributed by atoms with Crippen LogP contribution in [0, 0.1) is 0 Å². The number of ether oxygens (including phenoxy) is 1. The Labute approximate surface area is 112 Å². The molecule has 5 heteroatoms. The van der Waals surface area contributed by atoms with Crippen molar-refractivity contribution in [3.05, 3.63) is 35.4 Å². The molecule has 4 nitrogen and oxygen atoms in total. The zero-order valence-corrected chi connectivity index (χ0v) is 10.1. The van der Waals surface area contributed by atoms with E-state index in [1.165, 1.54) is 18.2 Å². The van der Waals surface area contributed by atoms with Crippen LogP contribution in [0.15, 0.2) is 24.3 Å². The quantitative estimate of drug-likeness (QED) is 0.332. The maximum atomic E-state index is 11.5. The van der Waals surface area contributed by atoms with Crippen molar-refractivity contribution in [1.82, 2.24) is 0 Å². The molecule has 1 rings (SSSR count). The summed E-state index contributed by atoms with van der Waals surface area (Å²) >= 11 is 0. The van der Waals surface area contributed by atoms with E-state index in [-0.39, 0.29) is 30.0 Å². The summed E-state index contributed by atoms with van der Waals surface area (Å²) in [6.45, 7) is 2.28. The van der Waals surface area contributed by atoms with Crippen LogP contribution in [0.3, 0.4) is 0 Å². The molecule has 0 heterocycles. The third-order valence-corrected chi connectivity index (χ3v) is 2.10. The molecule has 0 aromatic heterocycles. The second kappa shape index (κ2) is 7.94. The maximum Gasteiger partial charge on any atom is 1.00 e. The van der Waals surface area contributed by atoms with Gasteiger partial charge in [-0.25, -0.2) is 4.79 Å². The Balaban J connectivity index is 0.00000256. The number of esters is 1. The number of hydrogen-bond acceptors (Lipinski definition) is 4. The van der Waals surface area contributed by atoms with E-state index in [0.29, 0.717) is 6.61 Å². The Bertz CT molecular complexity index is 390. The van der Waals surface area contributed by atoms with Crippen molar-refractivity contribution in [2.75, 3.05) is 6.61 Å². The van der Waals surface area contributed by atoms with Gasteiger partial charge < -0.3 is 14.6 Å². The molecule has 1 aromatic carbocycles. The van der Waals surface area contributed by atoms with Crippen LogP contribution in [-0.2, 0) is 4.74 Å². The van der Waals surface area contributed by atoms with Crippen LogP contribution in [0.5, 0.6) is 0 Å². The van der Waals surface area contributed by atoms with Crippen LogP contribution < -0.4 is 24.0 Å². The van der Waals surface area contributed by atoms with Crippen molar-refractivity contribution < 1.29 is 38.3 Å². The molecule has 0 unspecified atom stereocenters. The second-order valence-electron chi connectivity index (χ2n) is 3.32. The van der Waals surface area contributed by atoms with Gasteiger partial charge in [-0.2, -0.15) is 0 Å². The Morgan fingerprint density at radius 2 is 1.82 bits per heavy atom.